The SMILES string of the molecule is COC1(C(=O)N2CC=C(c3ccccc3)CC2)CCN(C2CCOC2)CC1. The van der Waals surface area contributed by atoms with Gasteiger partial charge in [0.25, 0.3) is 5.91 Å². The van der Waals surface area contributed by atoms with E-state index in [0.29, 0.717) is 12.6 Å². The number of methoxy groups -OCH3 is 1. The minimum Gasteiger partial charge on any atom is -0.380 e. The molecule has 5 nitrogen and oxygen atoms in total. The molecule has 27 heavy (non-hydrogen) atoms. The average molecular weight is 370 g/mol. The first-order chi connectivity index (χ1) is 13.2. The van der Waals surface area contributed by atoms with Gasteiger partial charge in [-0.15, -0.1) is 0 Å². The number of hydrogen-bond acceptors (Lipinski definition) is 4. The molecule has 1 aromatic carbocycles. The van der Waals surface area contributed by atoms with E-state index in [1.165, 1.54) is 11.1 Å². The number of carbonyl (C=O) groups is 1. The molecular formula is C22H30N2O3. The Bertz CT molecular complexity index is 674. The Balaban J connectivity index is 1.39. The van der Waals surface area contributed by atoms with E-state index in [-0.39, 0.29) is 5.91 Å². The van der Waals surface area contributed by atoms with Crippen LogP contribution in [0.3, 0.4) is 0 Å². The zero-order valence-electron chi connectivity index (χ0n) is 16.2. The largest absolute Gasteiger partial charge is 0.380 e. The van der Waals surface area contributed by atoms with Crippen molar-refractivity contribution in [3.05, 3.63) is 42.0 Å². The van der Waals surface area contributed by atoms with Crippen molar-refractivity contribution in [2.75, 3.05) is 46.5 Å². The molecule has 146 valence electrons. The number of hydrogen-bond donors (Lipinski definition) is 0. The van der Waals surface area contributed by atoms with Crippen molar-refractivity contribution in [2.24, 2.45) is 0 Å². The van der Waals surface area contributed by atoms with Crippen LogP contribution in [0.25, 0.3) is 5.57 Å². The fraction of sp³-hybridized carbons (Fsp3) is 0.591. The van der Waals surface area contributed by atoms with Crippen molar-refractivity contribution in [2.45, 2.75) is 37.3 Å². The fourth-order valence-electron chi connectivity index (χ4n) is 4.62. The van der Waals surface area contributed by atoms with Gasteiger partial charge in [0, 0.05) is 45.9 Å². The van der Waals surface area contributed by atoms with Crippen molar-refractivity contribution in [1.82, 2.24) is 9.80 Å². The van der Waals surface area contributed by atoms with Crippen LogP contribution in [0, 0.1) is 0 Å². The zero-order valence-corrected chi connectivity index (χ0v) is 16.2. The van der Waals surface area contributed by atoms with Crippen LogP contribution in [-0.2, 0) is 14.3 Å². The van der Waals surface area contributed by atoms with Crippen LogP contribution in [0.15, 0.2) is 36.4 Å². The van der Waals surface area contributed by atoms with E-state index in [2.05, 4.69) is 35.2 Å². The van der Waals surface area contributed by atoms with Crippen LogP contribution in [-0.4, -0.2) is 73.9 Å². The molecule has 3 aliphatic rings. The predicted octanol–water partition coefficient (Wildman–Crippen LogP) is 2.57. The van der Waals surface area contributed by atoms with E-state index in [1.807, 2.05) is 11.0 Å². The second-order valence-electron chi connectivity index (χ2n) is 7.85. The van der Waals surface area contributed by atoms with Gasteiger partial charge in [0.1, 0.15) is 5.60 Å². The van der Waals surface area contributed by atoms with Crippen LogP contribution in [0.4, 0.5) is 0 Å². The first-order valence-electron chi connectivity index (χ1n) is 10.1. The number of ether oxygens (including phenoxy) is 2. The molecule has 0 bridgehead atoms. The number of piperidine rings is 1. The molecule has 5 heteroatoms. The number of benzene rings is 1. The minimum absolute atomic E-state index is 0.163. The highest BCUT2D eigenvalue weighted by Crippen LogP contribution is 2.32. The Labute approximate surface area is 161 Å². The van der Waals surface area contributed by atoms with Crippen LogP contribution < -0.4 is 0 Å². The van der Waals surface area contributed by atoms with Gasteiger partial charge < -0.3 is 14.4 Å². The molecule has 0 saturated carbocycles. The third-order valence-corrected chi connectivity index (χ3v) is 6.45. The molecule has 3 aliphatic heterocycles. The van der Waals surface area contributed by atoms with Gasteiger partial charge in [-0.1, -0.05) is 36.4 Å². The molecule has 0 spiro atoms. The van der Waals surface area contributed by atoms with Gasteiger partial charge in [-0.05, 0) is 36.8 Å². The second-order valence-corrected chi connectivity index (χ2v) is 7.85. The Kier molecular flexibility index (Phi) is 5.62. The summed E-state index contributed by atoms with van der Waals surface area (Å²) in [5.41, 5.74) is 1.94. The van der Waals surface area contributed by atoms with Crippen LogP contribution >= 0.6 is 0 Å². The molecule has 0 aliphatic carbocycles. The first-order valence-corrected chi connectivity index (χ1v) is 10.1. The lowest BCUT2D eigenvalue weighted by Gasteiger charge is -2.44. The zero-order chi connectivity index (χ0) is 18.7. The lowest BCUT2D eigenvalue weighted by molar-refractivity contribution is -0.161. The highest BCUT2D eigenvalue weighted by atomic mass is 16.5. The topological polar surface area (TPSA) is 42.0 Å². The van der Waals surface area contributed by atoms with E-state index in [9.17, 15) is 4.79 Å². The quantitative estimate of drug-likeness (QED) is 0.817. The Morgan fingerprint density at radius 3 is 2.56 bits per heavy atom. The number of carbonyl (C=O) groups excluding carboxylic acids is 1. The molecule has 0 N–H and O–H groups in total. The Morgan fingerprint density at radius 2 is 1.96 bits per heavy atom. The van der Waals surface area contributed by atoms with E-state index in [1.54, 1.807) is 7.11 Å². The molecular weight excluding hydrogens is 340 g/mol. The number of rotatable bonds is 4. The summed E-state index contributed by atoms with van der Waals surface area (Å²) in [6, 6.07) is 11.0. The van der Waals surface area contributed by atoms with E-state index in [0.717, 1.165) is 58.5 Å². The molecule has 2 saturated heterocycles. The predicted molar refractivity (Wildman–Crippen MR) is 105 cm³/mol. The maximum absolute atomic E-state index is 13.3. The van der Waals surface area contributed by atoms with Gasteiger partial charge in [0.2, 0.25) is 0 Å². The summed E-state index contributed by atoms with van der Waals surface area (Å²) < 4.78 is 11.4. The normalized spacial score (nSPS) is 26.0. The minimum atomic E-state index is -0.659. The highest BCUT2D eigenvalue weighted by Gasteiger charge is 2.45. The monoisotopic (exact) mass is 370 g/mol. The Morgan fingerprint density at radius 1 is 1.19 bits per heavy atom. The molecule has 3 heterocycles. The summed E-state index contributed by atoms with van der Waals surface area (Å²) in [6.07, 6.45) is 5.74. The third-order valence-electron chi connectivity index (χ3n) is 6.45. The molecule has 1 unspecified atom stereocenters. The van der Waals surface area contributed by atoms with Gasteiger partial charge in [-0.3, -0.25) is 9.69 Å². The lowest BCUT2D eigenvalue weighted by Crippen LogP contribution is -2.58. The van der Waals surface area contributed by atoms with Crippen LogP contribution in [0.2, 0.25) is 0 Å². The molecule has 0 radical (unpaired) electrons. The highest BCUT2D eigenvalue weighted by molar-refractivity contribution is 5.86. The maximum Gasteiger partial charge on any atom is 0.255 e. The molecule has 1 amide bonds. The number of nitrogens with zero attached hydrogens (tertiary/aromatic N) is 2. The van der Waals surface area contributed by atoms with Gasteiger partial charge in [0.05, 0.1) is 6.61 Å². The smallest absolute Gasteiger partial charge is 0.255 e. The summed E-state index contributed by atoms with van der Waals surface area (Å²) >= 11 is 0. The van der Waals surface area contributed by atoms with Gasteiger partial charge >= 0.3 is 0 Å². The Hall–Kier alpha value is -1.69. The summed E-state index contributed by atoms with van der Waals surface area (Å²) in [7, 11) is 1.70. The van der Waals surface area contributed by atoms with Crippen molar-refractivity contribution in [3.8, 4) is 0 Å². The van der Waals surface area contributed by atoms with E-state index in [4.69, 9.17) is 9.47 Å². The standard InChI is InChI=1S/C22H30N2O3/c1-26-22(10-14-23(15-11-22)20-9-16-27-17-20)21(25)24-12-7-19(8-13-24)18-5-3-2-4-6-18/h2-7,20H,8-17H2,1H3. The van der Waals surface area contributed by atoms with Crippen LogP contribution in [0.5, 0.6) is 0 Å². The van der Waals surface area contributed by atoms with Gasteiger partial charge in [-0.25, -0.2) is 0 Å². The summed E-state index contributed by atoms with van der Waals surface area (Å²) in [4.78, 5) is 17.8. The summed E-state index contributed by atoms with van der Waals surface area (Å²) in [5.74, 6) is 0.163. The molecule has 2 fully saturated rings. The molecule has 4 rings (SSSR count). The number of amides is 1. The van der Waals surface area contributed by atoms with Gasteiger partial charge in [-0.2, -0.15) is 0 Å². The number of likely N-dealkylation sites (tertiary alicyclic amines) is 1. The summed E-state index contributed by atoms with van der Waals surface area (Å²) in [6.45, 7) is 4.95. The molecule has 0 aromatic heterocycles. The maximum atomic E-state index is 13.3. The van der Waals surface area contributed by atoms with E-state index >= 15 is 0 Å². The van der Waals surface area contributed by atoms with Crippen molar-refractivity contribution in [3.63, 3.8) is 0 Å². The fourth-order valence-corrected chi connectivity index (χ4v) is 4.62. The third kappa shape index (κ3) is 3.82. The van der Waals surface area contributed by atoms with Crippen molar-refractivity contribution < 1.29 is 14.3 Å². The molecule has 1 aromatic rings. The van der Waals surface area contributed by atoms with Gasteiger partial charge in [0.15, 0.2) is 0 Å². The second kappa shape index (κ2) is 8.13. The summed E-state index contributed by atoms with van der Waals surface area (Å²) in [5, 5.41) is 0. The van der Waals surface area contributed by atoms with Crippen molar-refractivity contribution >= 4 is 11.5 Å². The van der Waals surface area contributed by atoms with Crippen LogP contribution in [0.1, 0.15) is 31.2 Å². The first kappa shape index (κ1) is 18.7. The molecule has 1 atom stereocenters. The lowest BCUT2D eigenvalue weighted by atomic mass is 9.87. The average Bonchev–Trinajstić information content (AvgIpc) is 3.29. The van der Waals surface area contributed by atoms with E-state index < -0.39 is 5.60 Å². The van der Waals surface area contributed by atoms with Crippen molar-refractivity contribution in [1.29, 1.82) is 0 Å².